The fraction of sp³-hybridized carbons (Fsp3) is 0.600. The minimum Gasteiger partial charge on any atom is -0.496 e. The topological polar surface area (TPSA) is 56.5 Å². The first kappa shape index (κ1) is 16.0. The average molecular weight is 266 g/mol. The van der Waals surface area contributed by atoms with Gasteiger partial charge < -0.3 is 9.47 Å². The van der Waals surface area contributed by atoms with E-state index < -0.39 is 0 Å². The number of nitrogens with two attached hydrogens (primary N) is 1. The molecule has 0 amide bonds. The van der Waals surface area contributed by atoms with Gasteiger partial charge in [0, 0.05) is 12.7 Å². The maximum absolute atomic E-state index is 5.74. The second-order valence-electron chi connectivity index (χ2n) is 4.84. The number of benzene rings is 1. The smallest absolute Gasteiger partial charge is 0.126 e. The number of rotatable bonds is 7. The maximum atomic E-state index is 5.74. The summed E-state index contributed by atoms with van der Waals surface area (Å²) in [5.41, 5.74) is 6.27. The van der Waals surface area contributed by atoms with Crippen LogP contribution in [0.1, 0.15) is 42.5 Å². The zero-order valence-electron chi connectivity index (χ0n) is 12.6. The number of hydrogen-bond acceptors (Lipinski definition) is 4. The highest BCUT2D eigenvalue weighted by atomic mass is 16.5. The van der Waals surface area contributed by atoms with Crippen molar-refractivity contribution in [2.75, 3.05) is 14.2 Å². The molecule has 3 N–H and O–H groups in total. The largest absolute Gasteiger partial charge is 0.496 e. The quantitative estimate of drug-likeness (QED) is 0.588. The Morgan fingerprint density at radius 3 is 2.42 bits per heavy atom. The normalized spacial score (nSPS) is 14.2. The molecule has 1 aromatic carbocycles. The van der Waals surface area contributed by atoms with Gasteiger partial charge in [0.2, 0.25) is 0 Å². The Labute approximate surface area is 116 Å². The van der Waals surface area contributed by atoms with E-state index in [1.54, 1.807) is 14.2 Å². The average Bonchev–Trinajstić information content (AvgIpc) is 2.42. The number of ether oxygens (including phenoxy) is 2. The lowest BCUT2D eigenvalue weighted by molar-refractivity contribution is 0.0598. The zero-order chi connectivity index (χ0) is 14.4. The molecule has 0 aliphatic rings. The lowest BCUT2D eigenvalue weighted by Crippen LogP contribution is -2.38. The third kappa shape index (κ3) is 3.47. The van der Waals surface area contributed by atoms with Crippen molar-refractivity contribution in [3.63, 3.8) is 0 Å². The van der Waals surface area contributed by atoms with Crippen LogP contribution in [0.25, 0.3) is 0 Å². The van der Waals surface area contributed by atoms with Crippen LogP contribution < -0.4 is 16.0 Å². The van der Waals surface area contributed by atoms with Crippen molar-refractivity contribution in [3.8, 4) is 5.75 Å². The molecule has 4 heteroatoms. The molecule has 0 aliphatic carbocycles. The van der Waals surface area contributed by atoms with Crippen LogP contribution in [0.4, 0.5) is 0 Å². The summed E-state index contributed by atoms with van der Waals surface area (Å²) >= 11 is 0. The molecule has 108 valence electrons. The van der Waals surface area contributed by atoms with Crippen LogP contribution in [0.5, 0.6) is 5.75 Å². The Balaban J connectivity index is 3.20. The molecule has 0 spiro atoms. The van der Waals surface area contributed by atoms with Gasteiger partial charge >= 0.3 is 0 Å². The highest BCUT2D eigenvalue weighted by Gasteiger charge is 2.25. The van der Waals surface area contributed by atoms with Gasteiger partial charge in [-0.25, -0.2) is 0 Å². The van der Waals surface area contributed by atoms with E-state index in [4.69, 9.17) is 15.3 Å². The Morgan fingerprint density at radius 2 is 1.95 bits per heavy atom. The van der Waals surface area contributed by atoms with Crippen molar-refractivity contribution >= 4 is 0 Å². The molecule has 4 nitrogen and oxygen atoms in total. The molecule has 2 unspecified atom stereocenters. The monoisotopic (exact) mass is 266 g/mol. The van der Waals surface area contributed by atoms with Crippen LogP contribution in [0.15, 0.2) is 12.1 Å². The second-order valence-corrected chi connectivity index (χ2v) is 4.84. The van der Waals surface area contributed by atoms with Gasteiger partial charge in [-0.3, -0.25) is 11.3 Å². The van der Waals surface area contributed by atoms with Crippen LogP contribution >= 0.6 is 0 Å². The van der Waals surface area contributed by atoms with Gasteiger partial charge in [-0.1, -0.05) is 25.5 Å². The number of aryl methyl sites for hydroxylation is 1. The highest BCUT2D eigenvalue weighted by molar-refractivity contribution is 5.47. The summed E-state index contributed by atoms with van der Waals surface area (Å²) in [5.74, 6) is 6.63. The minimum atomic E-state index is -0.0702. The van der Waals surface area contributed by atoms with Crippen LogP contribution in [0, 0.1) is 13.8 Å². The first-order valence-corrected chi connectivity index (χ1v) is 6.73. The molecule has 0 radical (unpaired) electrons. The zero-order valence-corrected chi connectivity index (χ0v) is 12.6. The Bertz CT molecular complexity index is 407. The number of hydrazine groups is 1. The number of methoxy groups -OCH3 is 2. The van der Waals surface area contributed by atoms with E-state index in [2.05, 4.69) is 38.3 Å². The second kappa shape index (κ2) is 7.48. The van der Waals surface area contributed by atoms with Gasteiger partial charge in [-0.05, 0) is 31.4 Å². The number of hydrogen-bond donors (Lipinski definition) is 2. The van der Waals surface area contributed by atoms with Crippen LogP contribution in [0.2, 0.25) is 0 Å². The SMILES string of the molecule is CCCC(OC)C(NN)c1ccc(C)c(C)c1OC. The summed E-state index contributed by atoms with van der Waals surface area (Å²) in [7, 11) is 3.42. The Morgan fingerprint density at radius 1 is 1.26 bits per heavy atom. The van der Waals surface area contributed by atoms with Crippen molar-refractivity contribution in [3.05, 3.63) is 28.8 Å². The molecule has 0 saturated heterocycles. The van der Waals surface area contributed by atoms with E-state index in [-0.39, 0.29) is 12.1 Å². The van der Waals surface area contributed by atoms with Gasteiger partial charge in [0.25, 0.3) is 0 Å². The molecule has 0 fully saturated rings. The van der Waals surface area contributed by atoms with Crippen molar-refractivity contribution in [1.29, 1.82) is 0 Å². The molecule has 1 aromatic rings. The molecule has 0 bridgehead atoms. The fourth-order valence-corrected chi connectivity index (χ4v) is 2.43. The van der Waals surface area contributed by atoms with Gasteiger partial charge in [0.05, 0.1) is 19.3 Å². The van der Waals surface area contributed by atoms with E-state index in [1.165, 1.54) is 5.56 Å². The summed E-state index contributed by atoms with van der Waals surface area (Å²) in [6.45, 7) is 6.27. The summed E-state index contributed by atoms with van der Waals surface area (Å²) in [6.07, 6.45) is 2.02. The molecule has 1 rings (SSSR count). The maximum Gasteiger partial charge on any atom is 0.126 e. The first-order chi connectivity index (χ1) is 9.10. The Kier molecular flexibility index (Phi) is 6.28. The third-order valence-corrected chi connectivity index (χ3v) is 3.67. The van der Waals surface area contributed by atoms with Crippen molar-refractivity contribution in [2.24, 2.45) is 5.84 Å². The van der Waals surface area contributed by atoms with Gasteiger partial charge in [0.15, 0.2) is 0 Å². The van der Waals surface area contributed by atoms with E-state index in [9.17, 15) is 0 Å². The Hall–Kier alpha value is -1.10. The van der Waals surface area contributed by atoms with E-state index >= 15 is 0 Å². The lowest BCUT2D eigenvalue weighted by Gasteiger charge is -2.27. The van der Waals surface area contributed by atoms with Crippen LogP contribution in [0.3, 0.4) is 0 Å². The van der Waals surface area contributed by atoms with Crippen molar-refractivity contribution < 1.29 is 9.47 Å². The highest BCUT2D eigenvalue weighted by Crippen LogP contribution is 2.33. The van der Waals surface area contributed by atoms with E-state index in [0.29, 0.717) is 0 Å². The summed E-state index contributed by atoms with van der Waals surface area (Å²) < 4.78 is 11.1. The molecule has 19 heavy (non-hydrogen) atoms. The van der Waals surface area contributed by atoms with Gasteiger partial charge in [0.1, 0.15) is 5.75 Å². The standard InChI is InChI=1S/C15H26N2O2/c1-6-7-13(18-4)14(17-16)12-9-8-10(2)11(3)15(12)19-5/h8-9,13-14,17H,6-7,16H2,1-5H3. The van der Waals surface area contributed by atoms with E-state index in [0.717, 1.165) is 29.7 Å². The van der Waals surface area contributed by atoms with Crippen LogP contribution in [-0.4, -0.2) is 20.3 Å². The first-order valence-electron chi connectivity index (χ1n) is 6.73. The predicted octanol–water partition coefficient (Wildman–Crippen LogP) is 2.63. The predicted molar refractivity (Wildman–Crippen MR) is 78.2 cm³/mol. The third-order valence-electron chi connectivity index (χ3n) is 3.67. The lowest BCUT2D eigenvalue weighted by atomic mass is 9.94. The molecule has 0 aromatic heterocycles. The molecule has 0 saturated carbocycles. The molecule has 2 atom stereocenters. The molecular weight excluding hydrogens is 240 g/mol. The van der Waals surface area contributed by atoms with Crippen LogP contribution in [-0.2, 0) is 4.74 Å². The molecule has 0 heterocycles. The van der Waals surface area contributed by atoms with Crippen molar-refractivity contribution in [1.82, 2.24) is 5.43 Å². The summed E-state index contributed by atoms with van der Waals surface area (Å²) in [4.78, 5) is 0. The van der Waals surface area contributed by atoms with Crippen molar-refractivity contribution in [2.45, 2.75) is 45.8 Å². The van der Waals surface area contributed by atoms with Gasteiger partial charge in [-0.2, -0.15) is 0 Å². The fourth-order valence-electron chi connectivity index (χ4n) is 2.43. The minimum absolute atomic E-state index is 0.0333. The van der Waals surface area contributed by atoms with E-state index in [1.807, 2.05) is 0 Å². The number of nitrogens with one attached hydrogen (secondary N) is 1. The molecular formula is C15H26N2O2. The summed E-state index contributed by atoms with van der Waals surface area (Å²) in [6, 6.07) is 4.09. The molecule has 0 aliphatic heterocycles. The van der Waals surface area contributed by atoms with Gasteiger partial charge in [-0.15, -0.1) is 0 Å². The summed E-state index contributed by atoms with van der Waals surface area (Å²) in [5, 5.41) is 0.